The van der Waals surface area contributed by atoms with Crippen molar-refractivity contribution in [2.45, 2.75) is 13.3 Å². The lowest BCUT2D eigenvalue weighted by Gasteiger charge is -1.98. The van der Waals surface area contributed by atoms with E-state index in [0.717, 1.165) is 11.3 Å². The maximum Gasteiger partial charge on any atom is 0.167 e. The summed E-state index contributed by atoms with van der Waals surface area (Å²) in [6.07, 6.45) is 0.684. The highest BCUT2D eigenvalue weighted by atomic mass is 19.1. The Labute approximate surface area is 93.1 Å². The zero-order valence-electron chi connectivity index (χ0n) is 9.03. The van der Waals surface area contributed by atoms with E-state index >= 15 is 0 Å². The van der Waals surface area contributed by atoms with Crippen molar-refractivity contribution in [3.8, 4) is 11.3 Å². The van der Waals surface area contributed by atoms with Crippen molar-refractivity contribution in [2.75, 3.05) is 6.54 Å². The summed E-state index contributed by atoms with van der Waals surface area (Å²) in [6, 6.07) is 6.67. The van der Waals surface area contributed by atoms with E-state index in [2.05, 4.69) is 5.16 Å². The Morgan fingerprint density at radius 2 is 2.19 bits per heavy atom. The number of benzene rings is 1. The maximum absolute atomic E-state index is 13.1. The largest absolute Gasteiger partial charge is 0.356 e. The Kier molecular flexibility index (Phi) is 3.01. The first-order valence-corrected chi connectivity index (χ1v) is 5.13. The van der Waals surface area contributed by atoms with E-state index in [1.165, 1.54) is 6.07 Å². The minimum atomic E-state index is -0.217. The Morgan fingerprint density at radius 3 is 2.88 bits per heavy atom. The molecule has 0 saturated carbocycles. The molecule has 0 fully saturated rings. The van der Waals surface area contributed by atoms with Crippen molar-refractivity contribution in [2.24, 2.45) is 5.73 Å². The predicted molar refractivity (Wildman–Crippen MR) is 59.4 cm³/mol. The van der Waals surface area contributed by atoms with Crippen LogP contribution < -0.4 is 5.73 Å². The first-order valence-electron chi connectivity index (χ1n) is 5.13. The van der Waals surface area contributed by atoms with Crippen LogP contribution in [-0.4, -0.2) is 11.7 Å². The molecule has 84 valence electrons. The SMILES string of the molecule is Cc1cc(-c2cc(CCN)no2)ccc1F. The number of hydrogen-bond donors (Lipinski definition) is 1. The van der Waals surface area contributed by atoms with Crippen molar-refractivity contribution in [3.05, 3.63) is 41.3 Å². The number of hydrogen-bond acceptors (Lipinski definition) is 3. The third-order valence-corrected chi connectivity index (χ3v) is 2.40. The lowest BCUT2D eigenvalue weighted by Crippen LogP contribution is -2.02. The summed E-state index contributed by atoms with van der Waals surface area (Å²) in [7, 11) is 0. The third-order valence-electron chi connectivity index (χ3n) is 2.40. The molecule has 0 radical (unpaired) electrons. The molecule has 0 saturated heterocycles. The summed E-state index contributed by atoms with van der Waals surface area (Å²) in [4.78, 5) is 0. The number of aryl methyl sites for hydroxylation is 1. The van der Waals surface area contributed by atoms with Gasteiger partial charge in [0, 0.05) is 18.1 Å². The Hall–Kier alpha value is -1.68. The fraction of sp³-hybridized carbons (Fsp3) is 0.250. The van der Waals surface area contributed by atoms with Gasteiger partial charge in [-0.2, -0.15) is 0 Å². The third kappa shape index (κ3) is 2.12. The van der Waals surface area contributed by atoms with Crippen LogP contribution in [0.3, 0.4) is 0 Å². The Balaban J connectivity index is 2.31. The van der Waals surface area contributed by atoms with E-state index in [1.54, 1.807) is 19.1 Å². The lowest BCUT2D eigenvalue weighted by atomic mass is 10.1. The van der Waals surface area contributed by atoms with E-state index in [1.807, 2.05) is 6.07 Å². The maximum atomic E-state index is 13.1. The Bertz CT molecular complexity index is 494. The quantitative estimate of drug-likeness (QED) is 0.863. The van der Waals surface area contributed by atoms with Gasteiger partial charge < -0.3 is 10.3 Å². The average Bonchev–Trinajstić information content (AvgIpc) is 2.71. The Morgan fingerprint density at radius 1 is 1.38 bits per heavy atom. The number of halogens is 1. The van der Waals surface area contributed by atoms with Gasteiger partial charge in [0.25, 0.3) is 0 Å². The van der Waals surface area contributed by atoms with Crippen LogP contribution in [0.4, 0.5) is 4.39 Å². The zero-order valence-corrected chi connectivity index (χ0v) is 9.03. The highest BCUT2D eigenvalue weighted by Crippen LogP contribution is 2.22. The number of rotatable bonds is 3. The highest BCUT2D eigenvalue weighted by Gasteiger charge is 2.07. The van der Waals surface area contributed by atoms with Crippen LogP contribution in [0.15, 0.2) is 28.8 Å². The van der Waals surface area contributed by atoms with Gasteiger partial charge in [0.05, 0.1) is 5.69 Å². The summed E-state index contributed by atoms with van der Waals surface area (Å²) in [5.74, 6) is 0.428. The van der Waals surface area contributed by atoms with E-state index in [-0.39, 0.29) is 5.82 Å². The first kappa shape index (κ1) is 10.8. The molecular formula is C12H13FN2O. The normalized spacial score (nSPS) is 10.7. The minimum Gasteiger partial charge on any atom is -0.356 e. The molecule has 0 aliphatic heterocycles. The molecule has 0 aliphatic carbocycles. The number of nitrogens with two attached hydrogens (primary N) is 1. The van der Waals surface area contributed by atoms with Crippen LogP contribution in [0.5, 0.6) is 0 Å². The lowest BCUT2D eigenvalue weighted by molar-refractivity contribution is 0.423. The molecule has 2 aromatic rings. The molecule has 1 heterocycles. The summed E-state index contributed by atoms with van der Waals surface area (Å²) in [5.41, 5.74) is 7.66. The first-order chi connectivity index (χ1) is 7.70. The second-order valence-corrected chi connectivity index (χ2v) is 3.69. The fourth-order valence-corrected chi connectivity index (χ4v) is 1.51. The molecule has 4 heteroatoms. The molecular weight excluding hydrogens is 207 g/mol. The van der Waals surface area contributed by atoms with E-state index in [4.69, 9.17) is 10.3 Å². The van der Waals surface area contributed by atoms with Crippen LogP contribution in [0.2, 0.25) is 0 Å². The van der Waals surface area contributed by atoms with Gasteiger partial charge in [-0.3, -0.25) is 0 Å². The van der Waals surface area contributed by atoms with Gasteiger partial charge in [-0.25, -0.2) is 4.39 Å². The minimum absolute atomic E-state index is 0.217. The summed E-state index contributed by atoms with van der Waals surface area (Å²) < 4.78 is 18.2. The van der Waals surface area contributed by atoms with E-state index < -0.39 is 0 Å². The molecule has 1 aromatic heterocycles. The summed E-state index contributed by atoms with van der Waals surface area (Å²) >= 11 is 0. The second-order valence-electron chi connectivity index (χ2n) is 3.69. The number of aromatic nitrogens is 1. The molecule has 2 rings (SSSR count). The molecule has 16 heavy (non-hydrogen) atoms. The van der Waals surface area contributed by atoms with Crippen molar-refractivity contribution in [1.82, 2.24) is 5.16 Å². The monoisotopic (exact) mass is 220 g/mol. The van der Waals surface area contributed by atoms with E-state index in [0.29, 0.717) is 24.3 Å². The molecule has 0 aliphatic rings. The van der Waals surface area contributed by atoms with Gasteiger partial charge in [0.15, 0.2) is 5.76 Å². The molecule has 0 unspecified atom stereocenters. The van der Waals surface area contributed by atoms with E-state index in [9.17, 15) is 4.39 Å². The van der Waals surface area contributed by atoms with Crippen LogP contribution in [0.25, 0.3) is 11.3 Å². The summed E-state index contributed by atoms with van der Waals surface area (Å²) in [6.45, 7) is 2.25. The second kappa shape index (κ2) is 4.45. The molecule has 1 aromatic carbocycles. The van der Waals surface area contributed by atoms with Crippen molar-refractivity contribution in [1.29, 1.82) is 0 Å². The van der Waals surface area contributed by atoms with Crippen molar-refractivity contribution < 1.29 is 8.91 Å². The van der Waals surface area contributed by atoms with Crippen molar-refractivity contribution in [3.63, 3.8) is 0 Å². The van der Waals surface area contributed by atoms with Gasteiger partial charge in [-0.15, -0.1) is 0 Å². The molecule has 0 bridgehead atoms. The van der Waals surface area contributed by atoms with Gasteiger partial charge in [-0.05, 0) is 37.2 Å². The smallest absolute Gasteiger partial charge is 0.167 e. The molecule has 0 atom stereocenters. The molecule has 0 spiro atoms. The van der Waals surface area contributed by atoms with Crippen LogP contribution >= 0.6 is 0 Å². The highest BCUT2D eigenvalue weighted by molar-refractivity contribution is 5.58. The molecule has 2 N–H and O–H groups in total. The summed E-state index contributed by atoms with van der Waals surface area (Å²) in [5, 5.41) is 3.89. The standard InChI is InChI=1S/C12H13FN2O/c1-8-6-9(2-3-11(8)13)12-7-10(4-5-14)15-16-12/h2-3,6-7H,4-5,14H2,1H3. The van der Waals surface area contributed by atoms with Crippen molar-refractivity contribution >= 4 is 0 Å². The van der Waals surface area contributed by atoms with Gasteiger partial charge in [-0.1, -0.05) is 5.16 Å². The molecule has 0 amide bonds. The topological polar surface area (TPSA) is 52.0 Å². The number of nitrogens with zero attached hydrogens (tertiary/aromatic N) is 1. The van der Waals surface area contributed by atoms with Gasteiger partial charge >= 0.3 is 0 Å². The van der Waals surface area contributed by atoms with Gasteiger partial charge in [0.2, 0.25) is 0 Å². The van der Waals surface area contributed by atoms with Gasteiger partial charge in [0.1, 0.15) is 5.82 Å². The fourth-order valence-electron chi connectivity index (χ4n) is 1.51. The van der Waals surface area contributed by atoms with Crippen LogP contribution in [0, 0.1) is 12.7 Å². The predicted octanol–water partition coefficient (Wildman–Crippen LogP) is 2.29. The van der Waals surface area contributed by atoms with Crippen LogP contribution in [0.1, 0.15) is 11.3 Å². The molecule has 3 nitrogen and oxygen atoms in total. The average molecular weight is 220 g/mol. The van der Waals surface area contributed by atoms with Crippen LogP contribution in [-0.2, 0) is 6.42 Å². The zero-order chi connectivity index (χ0) is 11.5.